The number of rotatable bonds is 0. The first kappa shape index (κ1) is 45.2. The van der Waals surface area contributed by atoms with Gasteiger partial charge in [0.25, 0.3) is 0 Å². The molecular formula is AgInPbSbSnZn. The summed E-state index contributed by atoms with van der Waals surface area (Å²) in [5.74, 6) is 0. The summed E-state index contributed by atoms with van der Waals surface area (Å²) in [7, 11) is 0. The maximum atomic E-state index is 0. The van der Waals surface area contributed by atoms with Gasteiger partial charge in [0.15, 0.2) is 0 Å². The van der Waals surface area contributed by atoms with Gasteiger partial charge < -0.3 is 0 Å². The first-order valence-electron chi connectivity index (χ1n) is 0. The zero-order valence-corrected chi connectivity index (χ0v) is 20.1. The summed E-state index contributed by atoms with van der Waals surface area (Å²) < 4.78 is 0. The maximum absolute atomic E-state index is 0. The van der Waals surface area contributed by atoms with Gasteiger partial charge in [-0.2, -0.15) is 0 Å². The molecule has 0 aromatic rings. The van der Waals surface area contributed by atoms with Crippen LogP contribution >= 0.6 is 0 Å². The van der Waals surface area contributed by atoms with E-state index in [1.54, 1.807) is 0 Å². The Labute approximate surface area is 140 Å². The summed E-state index contributed by atoms with van der Waals surface area (Å²) in [4.78, 5) is 0. The molecule has 0 fully saturated rings. The topological polar surface area (TPSA) is 0 Å². The molecule has 0 N–H and O–H groups in total. The van der Waals surface area contributed by atoms with Crippen LogP contribution in [0.3, 0.4) is 0 Å². The average molecular weight is 736 g/mol. The molecule has 0 spiro atoms. The molecule has 0 amide bonds. The van der Waals surface area contributed by atoms with Crippen LogP contribution in [0.1, 0.15) is 0 Å². The van der Waals surface area contributed by atoms with Crippen molar-refractivity contribution in [1.82, 2.24) is 0 Å². The third-order valence-corrected chi connectivity index (χ3v) is 0. The maximum Gasteiger partial charge on any atom is 0 e. The van der Waals surface area contributed by atoms with Gasteiger partial charge in [0.2, 0.25) is 0 Å². The van der Waals surface area contributed by atoms with Crippen LogP contribution in [-0.2, 0) is 41.9 Å². The Bertz CT molecular complexity index is 15.5. The SMILES string of the molecule is [Ag].[In].[Pb].[Sb].[Sn].[Zn]. The largest absolute Gasteiger partial charge is 0 e. The van der Waals surface area contributed by atoms with Gasteiger partial charge in [0.1, 0.15) is 0 Å². The minimum atomic E-state index is 0. The molecule has 0 saturated heterocycles. The fourth-order valence-electron chi connectivity index (χ4n) is 0. The van der Waals surface area contributed by atoms with Crippen LogP contribution in [0, 0.1) is 0 Å². The van der Waals surface area contributed by atoms with Gasteiger partial charge in [-0.25, -0.2) is 0 Å². The molecule has 0 bridgehead atoms. The molecule has 0 rings (SSSR count). The van der Waals surface area contributed by atoms with Crippen LogP contribution in [-0.4, -0.2) is 101 Å². The van der Waals surface area contributed by atoms with Gasteiger partial charge >= 0.3 is 0 Å². The van der Waals surface area contributed by atoms with Crippen LogP contribution in [0.4, 0.5) is 0 Å². The second-order valence-electron chi connectivity index (χ2n) is 0. The summed E-state index contributed by atoms with van der Waals surface area (Å²) >= 11 is 0. The summed E-state index contributed by atoms with van der Waals surface area (Å²) in [6, 6.07) is 0. The van der Waals surface area contributed by atoms with Crippen molar-refractivity contribution in [1.29, 1.82) is 0 Å². The molecule has 0 nitrogen and oxygen atoms in total. The van der Waals surface area contributed by atoms with Crippen molar-refractivity contribution in [2.24, 2.45) is 0 Å². The van der Waals surface area contributed by atoms with E-state index >= 15 is 0 Å². The zero-order chi connectivity index (χ0) is 0. The van der Waals surface area contributed by atoms with Crippen molar-refractivity contribution < 1.29 is 41.9 Å². The zero-order valence-electron chi connectivity index (χ0n) is 3.03. The molecule has 0 aliphatic carbocycles. The Balaban J connectivity index is 0. The molecular weight excluding hydrogens is 736 g/mol. The number of hydrogen-bond acceptors (Lipinski definition) is 0. The van der Waals surface area contributed by atoms with Gasteiger partial charge in [-0.3, -0.25) is 0 Å². The third-order valence-electron chi connectivity index (χ3n) is 0. The summed E-state index contributed by atoms with van der Waals surface area (Å²) in [5.41, 5.74) is 0. The smallest absolute Gasteiger partial charge is 0 e. The van der Waals surface area contributed by atoms with E-state index in [-0.39, 0.29) is 143 Å². The fraction of sp³-hybridized carbons (Fsp3) is 0. The molecule has 0 aliphatic heterocycles. The molecule has 0 aliphatic rings. The molecule has 0 atom stereocenters. The van der Waals surface area contributed by atoms with Gasteiger partial charge in [-0.1, -0.05) is 0 Å². The molecule has 15 radical (unpaired) electrons. The monoisotopic (exact) mass is 735 g/mol. The molecule has 0 unspecified atom stereocenters. The van der Waals surface area contributed by atoms with E-state index in [0.29, 0.717) is 0 Å². The van der Waals surface area contributed by atoms with Crippen LogP contribution in [0.5, 0.6) is 0 Å². The van der Waals surface area contributed by atoms with Crippen molar-refractivity contribution in [3.05, 3.63) is 0 Å². The quantitative estimate of drug-likeness (QED) is 0.266. The van der Waals surface area contributed by atoms with Crippen molar-refractivity contribution in [3.8, 4) is 0 Å². The molecule has 0 heterocycles. The van der Waals surface area contributed by atoms with Crippen LogP contribution in [0.25, 0.3) is 0 Å². The van der Waals surface area contributed by atoms with Crippen molar-refractivity contribution in [2.75, 3.05) is 0 Å². The Hall–Kier alpha value is 4.77. The summed E-state index contributed by atoms with van der Waals surface area (Å²) in [5, 5.41) is 0. The Kier molecular flexibility index (Phi) is 249. The Morgan fingerprint density at radius 3 is 1.00 bits per heavy atom. The van der Waals surface area contributed by atoms with E-state index in [2.05, 4.69) is 0 Å². The molecule has 0 aromatic carbocycles. The average Bonchev–Trinajstić information content (AvgIpc) is 0. The molecule has 0 aromatic heterocycles. The second kappa shape index (κ2) is 33.0. The summed E-state index contributed by atoms with van der Waals surface area (Å²) in [6.45, 7) is 0. The van der Waals surface area contributed by atoms with E-state index in [1.165, 1.54) is 0 Å². The minimum absolute atomic E-state index is 0. The van der Waals surface area contributed by atoms with Gasteiger partial charge in [-0.15, -0.1) is 0 Å². The Morgan fingerprint density at radius 1 is 1.00 bits per heavy atom. The van der Waals surface area contributed by atoms with Crippen LogP contribution in [0.15, 0.2) is 0 Å². The number of hydrogen-bond donors (Lipinski definition) is 0. The Morgan fingerprint density at radius 2 is 1.00 bits per heavy atom. The van der Waals surface area contributed by atoms with Crippen molar-refractivity contribution >= 4 is 101 Å². The van der Waals surface area contributed by atoms with E-state index in [0.717, 1.165) is 0 Å². The normalized spacial score (nSPS) is 0. The van der Waals surface area contributed by atoms with E-state index in [9.17, 15) is 0 Å². The predicted molar refractivity (Wildman–Crippen MR) is 23.0 cm³/mol. The van der Waals surface area contributed by atoms with Gasteiger partial charge in [-0.05, 0) is 0 Å². The van der Waals surface area contributed by atoms with Crippen LogP contribution in [0.2, 0.25) is 0 Å². The summed E-state index contributed by atoms with van der Waals surface area (Å²) in [6.07, 6.45) is 0. The van der Waals surface area contributed by atoms with Crippen molar-refractivity contribution in [2.45, 2.75) is 0 Å². The van der Waals surface area contributed by atoms with E-state index in [4.69, 9.17) is 0 Å². The van der Waals surface area contributed by atoms with Gasteiger partial charge in [0.05, 0.1) is 0 Å². The molecule has 29 valence electrons. The third kappa shape index (κ3) is 23.3. The standard InChI is InChI=1S/Ag.In.Pb.Sb.Sn.Zn. The van der Waals surface area contributed by atoms with Crippen molar-refractivity contribution in [3.63, 3.8) is 0 Å². The van der Waals surface area contributed by atoms with E-state index < -0.39 is 0 Å². The van der Waals surface area contributed by atoms with Gasteiger partial charge in [0, 0.05) is 143 Å². The second-order valence-corrected chi connectivity index (χ2v) is 0. The van der Waals surface area contributed by atoms with E-state index in [1.807, 2.05) is 0 Å². The predicted octanol–water partition coefficient (Wildman–Crippen LogP) is -1.53. The molecule has 6 heavy (non-hydrogen) atoms. The fourth-order valence-corrected chi connectivity index (χ4v) is 0. The molecule has 0 saturated carbocycles. The molecule has 6 heteroatoms. The first-order chi connectivity index (χ1) is 0. The minimum Gasteiger partial charge on any atom is 0 e. The van der Waals surface area contributed by atoms with Crippen LogP contribution < -0.4 is 0 Å². The first-order valence-corrected chi connectivity index (χ1v) is 0.